The zero-order chi connectivity index (χ0) is 41.4. The summed E-state index contributed by atoms with van der Waals surface area (Å²) in [5.41, 5.74) is -0.104. The summed E-state index contributed by atoms with van der Waals surface area (Å²) in [6.45, 7) is 7.07. The normalized spacial score (nSPS) is 19.7. The van der Waals surface area contributed by atoms with Crippen LogP contribution in [0.15, 0.2) is 48.0 Å². The molecule has 2 fully saturated rings. The Balaban J connectivity index is 0.000000421. The largest absolute Gasteiger partial charge is 0.496 e. The standard InChI is InChI=1S/C29H31ClF3N5O4.C6H5F3OS.C3H8/c1-17-20(4-3-11-37(17)28(42)26-22(29(31,32)33)5-2-9-35-26)27(41)38-12-8-18-14-19(30)6-7-21(18)23(38)15-25(40)36-13-10-34-24(39)16-36;1-10-4-2-5(11-3-4)6(7,8)9;1-3-2/h2,5-7,9,14,17,20,23H,3-4,8,10-13,15-16H2,1H3,(H,34,39);2-3H,1H3;3H2,1-2H3/t17-,20-,23?;;/m1../s1. The number of benzene rings is 1. The number of hydrogen-bond acceptors (Lipinski definition) is 7. The molecule has 6 rings (SSSR count). The number of pyridine rings is 1. The molecule has 0 saturated carbocycles. The molecule has 3 aliphatic heterocycles. The zero-order valence-corrected chi connectivity index (χ0v) is 32.9. The molecule has 4 amide bonds. The van der Waals surface area contributed by atoms with Crippen molar-refractivity contribution in [3.05, 3.63) is 80.3 Å². The molecule has 306 valence electrons. The highest BCUT2D eigenvalue weighted by Gasteiger charge is 2.44. The molecule has 0 bridgehead atoms. The van der Waals surface area contributed by atoms with Crippen LogP contribution in [0.25, 0.3) is 0 Å². The lowest BCUT2D eigenvalue weighted by Crippen LogP contribution is -2.55. The van der Waals surface area contributed by atoms with Gasteiger partial charge in [-0.05, 0) is 61.6 Å². The minimum Gasteiger partial charge on any atom is -0.496 e. The van der Waals surface area contributed by atoms with Crippen molar-refractivity contribution >= 4 is 46.6 Å². The topological polar surface area (TPSA) is 112 Å². The molecular formula is C38H44ClF6N5O5S. The van der Waals surface area contributed by atoms with Gasteiger partial charge in [0.1, 0.15) is 16.3 Å². The minimum absolute atomic E-state index is 0.0414. The van der Waals surface area contributed by atoms with Crippen molar-refractivity contribution in [1.82, 2.24) is 25.0 Å². The van der Waals surface area contributed by atoms with Gasteiger partial charge in [0, 0.05) is 54.9 Å². The number of likely N-dealkylation sites (tertiary alicyclic amines) is 1. The highest BCUT2D eigenvalue weighted by atomic mass is 35.5. The van der Waals surface area contributed by atoms with Gasteiger partial charge in [-0.3, -0.25) is 24.2 Å². The molecule has 0 radical (unpaired) electrons. The van der Waals surface area contributed by atoms with E-state index in [0.717, 1.165) is 35.5 Å². The summed E-state index contributed by atoms with van der Waals surface area (Å²) in [4.78, 5) is 60.3. The van der Waals surface area contributed by atoms with Crippen molar-refractivity contribution in [3.8, 4) is 5.75 Å². The second kappa shape index (κ2) is 19.2. The number of halogens is 7. The molecule has 1 unspecified atom stereocenters. The van der Waals surface area contributed by atoms with Gasteiger partial charge >= 0.3 is 12.4 Å². The summed E-state index contributed by atoms with van der Waals surface area (Å²) < 4.78 is 81.2. The third-order valence-electron chi connectivity index (χ3n) is 9.48. The number of fused-ring (bicyclic) bond motifs is 1. The van der Waals surface area contributed by atoms with Crippen LogP contribution in [0, 0.1) is 5.92 Å². The van der Waals surface area contributed by atoms with E-state index in [9.17, 15) is 45.5 Å². The van der Waals surface area contributed by atoms with Crippen LogP contribution in [0.2, 0.25) is 5.02 Å². The summed E-state index contributed by atoms with van der Waals surface area (Å²) in [5.74, 6) is -2.09. The van der Waals surface area contributed by atoms with Crippen LogP contribution in [-0.2, 0) is 33.2 Å². The Morgan fingerprint density at radius 1 is 1.02 bits per heavy atom. The number of amides is 4. The van der Waals surface area contributed by atoms with E-state index in [1.54, 1.807) is 24.0 Å². The van der Waals surface area contributed by atoms with E-state index in [-0.39, 0.29) is 43.0 Å². The molecule has 10 nitrogen and oxygen atoms in total. The predicted molar refractivity (Wildman–Crippen MR) is 198 cm³/mol. The maximum Gasteiger partial charge on any atom is 0.425 e. The molecule has 0 spiro atoms. The molecule has 5 heterocycles. The van der Waals surface area contributed by atoms with E-state index in [1.165, 1.54) is 28.7 Å². The Kier molecular flexibility index (Phi) is 15.2. The second-order valence-electron chi connectivity index (χ2n) is 13.5. The van der Waals surface area contributed by atoms with Gasteiger partial charge in [-0.1, -0.05) is 37.9 Å². The Morgan fingerprint density at radius 2 is 1.73 bits per heavy atom. The molecule has 0 aliphatic carbocycles. The van der Waals surface area contributed by atoms with Crippen molar-refractivity contribution in [3.63, 3.8) is 0 Å². The fourth-order valence-corrected chi connectivity index (χ4v) is 7.72. The van der Waals surface area contributed by atoms with Crippen LogP contribution in [0.5, 0.6) is 5.75 Å². The first-order chi connectivity index (χ1) is 26.4. The summed E-state index contributed by atoms with van der Waals surface area (Å²) in [5, 5.41) is 4.55. The maximum atomic E-state index is 14.2. The molecule has 3 aliphatic rings. The number of carbonyl (C=O) groups is 4. The van der Waals surface area contributed by atoms with Crippen LogP contribution >= 0.6 is 22.9 Å². The fourth-order valence-electron chi connectivity index (χ4n) is 6.80. The number of piperazine rings is 1. The van der Waals surface area contributed by atoms with Gasteiger partial charge in [-0.15, -0.1) is 11.3 Å². The van der Waals surface area contributed by atoms with Gasteiger partial charge in [-0.2, -0.15) is 26.3 Å². The van der Waals surface area contributed by atoms with Crippen molar-refractivity contribution in [2.45, 2.75) is 77.3 Å². The molecule has 18 heteroatoms. The summed E-state index contributed by atoms with van der Waals surface area (Å²) >= 11 is 6.86. The van der Waals surface area contributed by atoms with Gasteiger partial charge in [0.25, 0.3) is 5.91 Å². The van der Waals surface area contributed by atoms with E-state index >= 15 is 0 Å². The number of alkyl halides is 6. The molecule has 56 heavy (non-hydrogen) atoms. The van der Waals surface area contributed by atoms with Crippen molar-refractivity contribution in [2.24, 2.45) is 5.92 Å². The third-order valence-corrected chi connectivity index (χ3v) is 10.7. The number of carbonyl (C=O) groups excluding carboxylic acids is 4. The van der Waals surface area contributed by atoms with E-state index in [2.05, 4.69) is 28.9 Å². The number of methoxy groups -OCH3 is 1. The Morgan fingerprint density at radius 3 is 2.34 bits per heavy atom. The molecule has 3 aromatic rings. The minimum atomic E-state index is -4.76. The van der Waals surface area contributed by atoms with Crippen LogP contribution in [-0.4, -0.2) is 89.2 Å². The van der Waals surface area contributed by atoms with Crippen molar-refractivity contribution in [1.29, 1.82) is 0 Å². The summed E-state index contributed by atoms with van der Waals surface area (Å²) in [7, 11) is 1.34. The molecule has 2 saturated heterocycles. The lowest BCUT2D eigenvalue weighted by Gasteiger charge is -2.44. The third kappa shape index (κ3) is 10.9. The number of aromatic nitrogens is 1. The smallest absolute Gasteiger partial charge is 0.425 e. The number of nitrogens with one attached hydrogen (secondary N) is 1. The Labute approximate surface area is 330 Å². The molecule has 1 N–H and O–H groups in total. The Hall–Kier alpha value is -4.38. The lowest BCUT2D eigenvalue weighted by molar-refractivity contribution is -0.145. The van der Waals surface area contributed by atoms with Crippen LogP contribution < -0.4 is 10.1 Å². The van der Waals surface area contributed by atoms with Gasteiger partial charge in [0.15, 0.2) is 0 Å². The van der Waals surface area contributed by atoms with Crippen molar-refractivity contribution < 1.29 is 50.3 Å². The van der Waals surface area contributed by atoms with Gasteiger partial charge < -0.3 is 24.8 Å². The lowest BCUT2D eigenvalue weighted by atomic mass is 9.85. The molecular weight excluding hydrogens is 788 g/mol. The first-order valence-corrected chi connectivity index (χ1v) is 19.3. The highest BCUT2D eigenvalue weighted by molar-refractivity contribution is 7.10. The summed E-state index contributed by atoms with van der Waals surface area (Å²) in [6, 6.07) is 6.93. The van der Waals surface area contributed by atoms with E-state index in [4.69, 9.17) is 11.6 Å². The second-order valence-corrected chi connectivity index (χ2v) is 14.8. The van der Waals surface area contributed by atoms with Crippen molar-refractivity contribution in [2.75, 3.05) is 39.8 Å². The van der Waals surface area contributed by atoms with Gasteiger partial charge in [0.2, 0.25) is 17.7 Å². The van der Waals surface area contributed by atoms with Crippen LogP contribution in [0.1, 0.15) is 84.6 Å². The fraction of sp³-hybridized carbons (Fsp3) is 0.500. The number of piperidine rings is 1. The first kappa shape index (κ1) is 44.3. The molecule has 3 atom stereocenters. The number of ether oxygens (including phenoxy) is 1. The number of thiophene rings is 1. The van der Waals surface area contributed by atoms with Crippen LogP contribution in [0.3, 0.4) is 0 Å². The first-order valence-electron chi connectivity index (χ1n) is 18.1. The summed E-state index contributed by atoms with van der Waals surface area (Å²) in [6.07, 6.45) is -5.29. The van der Waals surface area contributed by atoms with E-state index < -0.39 is 52.4 Å². The van der Waals surface area contributed by atoms with Gasteiger partial charge in [0.05, 0.1) is 37.6 Å². The quantitative estimate of drug-likeness (QED) is 0.265. The number of nitrogens with zero attached hydrogens (tertiary/aromatic N) is 4. The van der Waals surface area contributed by atoms with E-state index in [0.29, 0.717) is 55.3 Å². The van der Waals surface area contributed by atoms with E-state index in [1.807, 2.05) is 6.07 Å². The highest BCUT2D eigenvalue weighted by Crippen LogP contribution is 2.39. The van der Waals surface area contributed by atoms with Gasteiger partial charge in [-0.25, -0.2) is 0 Å². The molecule has 1 aromatic carbocycles. The Bertz CT molecular complexity index is 1860. The number of hydrogen-bond donors (Lipinski definition) is 1. The monoisotopic (exact) mass is 831 g/mol. The average molecular weight is 832 g/mol. The maximum absolute atomic E-state index is 14.2. The average Bonchev–Trinajstić information content (AvgIpc) is 3.65. The number of rotatable bonds is 5. The van der Waals surface area contributed by atoms with Crippen LogP contribution in [0.4, 0.5) is 26.3 Å². The SMILES string of the molecule is CCC.COc1csc(C(F)(F)F)c1.C[C@@H]1[C@H](C(=O)N2CCc3cc(Cl)ccc3C2CC(=O)N2CCNC(=O)C2)CCCN1C(=O)c1ncccc1C(F)(F)F. The molecule has 2 aromatic heterocycles. The zero-order valence-electron chi connectivity index (χ0n) is 31.3. The predicted octanol–water partition coefficient (Wildman–Crippen LogP) is 7.66.